The molecule has 5 nitrogen and oxygen atoms in total. The van der Waals surface area contributed by atoms with Crippen molar-refractivity contribution < 1.29 is 4.79 Å². The first-order valence-corrected chi connectivity index (χ1v) is 6.46. The quantitative estimate of drug-likeness (QED) is 0.881. The van der Waals surface area contributed by atoms with Crippen molar-refractivity contribution in [3.05, 3.63) is 61.7 Å². The highest BCUT2D eigenvalue weighted by atomic mass is 35.5. The Morgan fingerprint density at radius 2 is 2.05 bits per heavy atom. The zero-order chi connectivity index (χ0) is 14.9. The molecule has 2 rings (SSSR count). The fourth-order valence-corrected chi connectivity index (χ4v) is 2.23. The van der Waals surface area contributed by atoms with Crippen molar-refractivity contribution in [2.75, 3.05) is 0 Å². The van der Waals surface area contributed by atoms with Crippen LogP contribution in [0.4, 0.5) is 0 Å². The molecule has 0 radical (unpaired) electrons. The minimum absolute atomic E-state index is 0.152. The molecule has 0 saturated carbocycles. The fourth-order valence-electron chi connectivity index (χ4n) is 1.78. The van der Waals surface area contributed by atoms with E-state index in [0.29, 0.717) is 22.0 Å². The smallest absolute Gasteiger partial charge is 0.255 e. The van der Waals surface area contributed by atoms with Gasteiger partial charge in [0.15, 0.2) is 0 Å². The lowest BCUT2D eigenvalue weighted by atomic mass is 10.1. The minimum Gasteiger partial charge on any atom is -0.366 e. The monoisotopic (exact) mass is 311 g/mol. The summed E-state index contributed by atoms with van der Waals surface area (Å²) < 4.78 is 1.44. The molecule has 1 amide bonds. The van der Waals surface area contributed by atoms with Crippen LogP contribution < -0.4 is 11.3 Å². The van der Waals surface area contributed by atoms with Crippen molar-refractivity contribution >= 4 is 29.1 Å². The van der Waals surface area contributed by atoms with Crippen molar-refractivity contribution in [3.63, 3.8) is 0 Å². The maximum Gasteiger partial charge on any atom is 0.255 e. The topological polar surface area (TPSA) is 78.0 Å². The third-order valence-corrected chi connectivity index (χ3v) is 3.38. The molecule has 0 fully saturated rings. The standard InChI is InChI=1S/C13H11Cl2N3O2/c1-7-17-11(15)5-12(19)18(7)6-9-3-2-8(13(16)20)4-10(9)14/h2-5H,6H2,1H3,(H2,16,20). The van der Waals surface area contributed by atoms with E-state index in [2.05, 4.69) is 4.98 Å². The zero-order valence-electron chi connectivity index (χ0n) is 10.6. The lowest BCUT2D eigenvalue weighted by molar-refractivity contribution is 0.100. The molecular weight excluding hydrogens is 301 g/mol. The number of benzene rings is 1. The molecule has 0 aliphatic carbocycles. The molecule has 0 spiro atoms. The second-order valence-corrected chi connectivity index (χ2v) is 5.02. The van der Waals surface area contributed by atoms with Gasteiger partial charge in [-0.15, -0.1) is 0 Å². The number of hydrogen-bond acceptors (Lipinski definition) is 3. The third kappa shape index (κ3) is 3.00. The van der Waals surface area contributed by atoms with Crippen molar-refractivity contribution in [3.8, 4) is 0 Å². The second kappa shape index (κ2) is 5.64. The van der Waals surface area contributed by atoms with Crippen molar-refractivity contribution in [1.29, 1.82) is 0 Å². The Morgan fingerprint density at radius 1 is 1.35 bits per heavy atom. The highest BCUT2D eigenvalue weighted by Gasteiger charge is 2.09. The molecule has 2 N–H and O–H groups in total. The normalized spacial score (nSPS) is 10.6. The number of primary amides is 1. The number of amides is 1. The van der Waals surface area contributed by atoms with Gasteiger partial charge in [-0.3, -0.25) is 14.2 Å². The van der Waals surface area contributed by atoms with Crippen LogP contribution in [0.2, 0.25) is 10.2 Å². The summed E-state index contributed by atoms with van der Waals surface area (Å²) in [5, 5.41) is 0.515. The molecule has 0 aliphatic heterocycles. The van der Waals surface area contributed by atoms with Crippen LogP contribution in [0.15, 0.2) is 29.1 Å². The molecule has 7 heteroatoms. The first-order valence-electron chi connectivity index (χ1n) is 5.70. The summed E-state index contributed by atoms with van der Waals surface area (Å²) in [6.07, 6.45) is 0. The maximum absolute atomic E-state index is 11.9. The van der Waals surface area contributed by atoms with E-state index in [0.717, 1.165) is 0 Å². The maximum atomic E-state index is 11.9. The number of aromatic nitrogens is 2. The number of nitrogens with two attached hydrogens (primary N) is 1. The van der Waals surface area contributed by atoms with Gasteiger partial charge in [0.25, 0.3) is 5.56 Å². The fraction of sp³-hybridized carbons (Fsp3) is 0.154. The summed E-state index contributed by atoms with van der Waals surface area (Å²) in [7, 11) is 0. The molecule has 0 atom stereocenters. The van der Waals surface area contributed by atoms with Crippen LogP contribution >= 0.6 is 23.2 Å². The van der Waals surface area contributed by atoms with Gasteiger partial charge < -0.3 is 5.73 Å². The predicted octanol–water partition coefficient (Wildman–Crippen LogP) is 2.01. The Labute approximate surface area is 125 Å². The van der Waals surface area contributed by atoms with Gasteiger partial charge in [0.1, 0.15) is 11.0 Å². The van der Waals surface area contributed by atoms with E-state index in [1.54, 1.807) is 19.1 Å². The zero-order valence-corrected chi connectivity index (χ0v) is 12.1. The summed E-state index contributed by atoms with van der Waals surface area (Å²) >= 11 is 11.8. The SMILES string of the molecule is Cc1nc(Cl)cc(=O)n1Cc1ccc(C(N)=O)cc1Cl. The summed E-state index contributed by atoms with van der Waals surface area (Å²) in [4.78, 5) is 26.9. The van der Waals surface area contributed by atoms with Crippen LogP contribution in [0, 0.1) is 6.92 Å². The molecule has 2 aromatic rings. The highest BCUT2D eigenvalue weighted by molar-refractivity contribution is 6.31. The molecular formula is C13H11Cl2N3O2. The van der Waals surface area contributed by atoms with Gasteiger partial charge in [-0.2, -0.15) is 0 Å². The molecule has 0 unspecified atom stereocenters. The average Bonchev–Trinajstić information content (AvgIpc) is 2.34. The molecule has 0 saturated heterocycles. The summed E-state index contributed by atoms with van der Waals surface area (Å²) in [5.41, 5.74) is 5.91. The first kappa shape index (κ1) is 14.6. The van der Waals surface area contributed by atoms with E-state index in [1.165, 1.54) is 16.7 Å². The molecule has 0 bridgehead atoms. The number of nitrogens with zero attached hydrogens (tertiary/aromatic N) is 2. The molecule has 1 heterocycles. The van der Waals surface area contributed by atoms with Crippen molar-refractivity contribution in [1.82, 2.24) is 9.55 Å². The van der Waals surface area contributed by atoms with E-state index < -0.39 is 5.91 Å². The van der Waals surface area contributed by atoms with Crippen molar-refractivity contribution in [2.45, 2.75) is 13.5 Å². The van der Waals surface area contributed by atoms with E-state index in [1.807, 2.05) is 0 Å². The second-order valence-electron chi connectivity index (χ2n) is 4.22. The van der Waals surface area contributed by atoms with Crippen LogP contribution in [-0.4, -0.2) is 15.5 Å². The van der Waals surface area contributed by atoms with Gasteiger partial charge in [-0.1, -0.05) is 29.3 Å². The van der Waals surface area contributed by atoms with Crippen LogP contribution in [0.1, 0.15) is 21.7 Å². The van der Waals surface area contributed by atoms with Gasteiger partial charge in [0.05, 0.1) is 6.54 Å². The van der Waals surface area contributed by atoms with E-state index in [9.17, 15) is 9.59 Å². The Kier molecular flexibility index (Phi) is 4.11. The average molecular weight is 312 g/mol. The number of carbonyl (C=O) groups is 1. The van der Waals surface area contributed by atoms with Gasteiger partial charge in [0.2, 0.25) is 5.91 Å². The Bertz CT molecular complexity index is 741. The summed E-state index contributed by atoms with van der Waals surface area (Å²) in [6.45, 7) is 1.92. The van der Waals surface area contributed by atoms with Crippen LogP contribution in [0.5, 0.6) is 0 Å². The highest BCUT2D eigenvalue weighted by Crippen LogP contribution is 2.19. The summed E-state index contributed by atoms with van der Waals surface area (Å²) in [6, 6.07) is 5.93. The number of rotatable bonds is 3. The largest absolute Gasteiger partial charge is 0.366 e. The molecule has 20 heavy (non-hydrogen) atoms. The molecule has 1 aromatic heterocycles. The third-order valence-electron chi connectivity index (χ3n) is 2.83. The van der Waals surface area contributed by atoms with E-state index in [-0.39, 0.29) is 17.3 Å². The molecule has 104 valence electrons. The van der Waals surface area contributed by atoms with Gasteiger partial charge >= 0.3 is 0 Å². The predicted molar refractivity (Wildman–Crippen MR) is 77.3 cm³/mol. The van der Waals surface area contributed by atoms with E-state index >= 15 is 0 Å². The van der Waals surface area contributed by atoms with Crippen LogP contribution in [-0.2, 0) is 6.54 Å². The Hall–Kier alpha value is -1.85. The Morgan fingerprint density at radius 3 is 2.60 bits per heavy atom. The van der Waals surface area contributed by atoms with Gasteiger partial charge in [0, 0.05) is 16.7 Å². The summed E-state index contributed by atoms with van der Waals surface area (Å²) in [5.74, 6) is -0.0718. The minimum atomic E-state index is -0.556. The first-order chi connectivity index (χ1) is 9.38. The van der Waals surface area contributed by atoms with Gasteiger partial charge in [-0.25, -0.2) is 4.98 Å². The number of carbonyl (C=O) groups excluding carboxylic acids is 1. The molecule has 1 aromatic carbocycles. The van der Waals surface area contributed by atoms with Crippen LogP contribution in [0.25, 0.3) is 0 Å². The number of hydrogen-bond donors (Lipinski definition) is 1. The molecule has 0 aliphatic rings. The lowest BCUT2D eigenvalue weighted by Crippen LogP contribution is -2.23. The van der Waals surface area contributed by atoms with Crippen molar-refractivity contribution in [2.24, 2.45) is 5.73 Å². The van der Waals surface area contributed by atoms with Gasteiger partial charge in [-0.05, 0) is 24.6 Å². The van der Waals surface area contributed by atoms with E-state index in [4.69, 9.17) is 28.9 Å². The lowest BCUT2D eigenvalue weighted by Gasteiger charge is -2.11. The Balaban J connectivity index is 2.41. The number of halogens is 2. The number of aryl methyl sites for hydroxylation is 1. The van der Waals surface area contributed by atoms with Crippen LogP contribution in [0.3, 0.4) is 0 Å².